The van der Waals surface area contributed by atoms with Crippen LogP contribution in [0.4, 0.5) is 0 Å². The number of rotatable bonds is 5. The minimum atomic E-state index is -3.52. The molecule has 1 saturated heterocycles. The maximum Gasteiger partial charge on any atom is 0.243 e. The molecule has 9 heteroatoms. The summed E-state index contributed by atoms with van der Waals surface area (Å²) in [6, 6.07) is 10.1. The van der Waals surface area contributed by atoms with E-state index in [1.165, 1.54) is 4.31 Å². The first-order chi connectivity index (χ1) is 10.1. The van der Waals surface area contributed by atoms with Gasteiger partial charge in [0.2, 0.25) is 10.0 Å². The van der Waals surface area contributed by atoms with Crippen LogP contribution in [0.2, 0.25) is 0 Å². The molecule has 2 rings (SSSR count). The van der Waals surface area contributed by atoms with Gasteiger partial charge in [-0.25, -0.2) is 8.42 Å². The molecule has 1 fully saturated rings. The zero-order valence-electron chi connectivity index (χ0n) is 11.3. The van der Waals surface area contributed by atoms with Crippen molar-refractivity contribution in [2.24, 2.45) is 5.29 Å². The van der Waals surface area contributed by atoms with Crippen LogP contribution in [-0.4, -0.2) is 55.6 Å². The molecule has 0 saturated carbocycles. The number of nitrogens with zero attached hydrogens (tertiary/aromatic N) is 5. The van der Waals surface area contributed by atoms with Crippen LogP contribution in [0.3, 0.4) is 0 Å². The average molecular weight is 309 g/mol. The first kappa shape index (κ1) is 15.4. The van der Waals surface area contributed by atoms with E-state index < -0.39 is 10.0 Å². The van der Waals surface area contributed by atoms with Gasteiger partial charge < -0.3 is 0 Å². The molecule has 1 aromatic rings. The van der Waals surface area contributed by atoms with Crippen LogP contribution in [0.25, 0.3) is 0 Å². The Morgan fingerprint density at radius 3 is 2.33 bits per heavy atom. The van der Waals surface area contributed by atoms with Crippen LogP contribution in [0.15, 0.2) is 40.5 Å². The Bertz CT molecular complexity index is 620. The third-order valence-corrected chi connectivity index (χ3v) is 5.14. The van der Waals surface area contributed by atoms with E-state index in [4.69, 9.17) is 5.26 Å². The highest BCUT2D eigenvalue weighted by atomic mass is 32.2. The zero-order valence-corrected chi connectivity index (χ0v) is 12.1. The fourth-order valence-corrected chi connectivity index (χ4v) is 3.58. The Morgan fingerprint density at radius 1 is 1.19 bits per heavy atom. The number of hydrazine groups is 1. The Balaban J connectivity index is 2.04. The second-order valence-corrected chi connectivity index (χ2v) is 6.38. The maximum absolute atomic E-state index is 12.4. The molecule has 0 radical (unpaired) electrons. The summed E-state index contributed by atoms with van der Waals surface area (Å²) in [5.41, 5.74) is 0. The molecule has 21 heavy (non-hydrogen) atoms. The summed E-state index contributed by atoms with van der Waals surface area (Å²) in [6.07, 6.45) is 0. The van der Waals surface area contributed by atoms with Crippen LogP contribution < -0.4 is 0 Å². The van der Waals surface area contributed by atoms with Gasteiger partial charge in [-0.05, 0) is 12.1 Å². The van der Waals surface area contributed by atoms with Gasteiger partial charge in [0.1, 0.15) is 6.54 Å². The van der Waals surface area contributed by atoms with E-state index in [-0.39, 0.29) is 24.5 Å². The monoisotopic (exact) mass is 309 g/mol. The molecule has 1 aliphatic rings. The summed E-state index contributed by atoms with van der Waals surface area (Å²) in [5.74, 6) is 0. The largest absolute Gasteiger partial charge is 0.243 e. The highest BCUT2D eigenvalue weighted by Crippen LogP contribution is 2.17. The molecule has 1 aliphatic heterocycles. The minimum Gasteiger partial charge on any atom is -0.207 e. The standard InChI is InChI=1S/C12H15N5O3S/c13-6-7-17(14-18)15-8-10-16(11-9-15)21(19,20)12-4-2-1-3-5-12/h1-5H,7-11H2. The van der Waals surface area contributed by atoms with Gasteiger partial charge in [-0.3, -0.25) is 0 Å². The van der Waals surface area contributed by atoms with E-state index in [1.807, 2.05) is 6.07 Å². The molecular formula is C12H15N5O3S. The Hall–Kier alpha value is -2.02. The number of sulfonamides is 1. The van der Waals surface area contributed by atoms with Gasteiger partial charge >= 0.3 is 0 Å². The summed E-state index contributed by atoms with van der Waals surface area (Å²) in [4.78, 5) is 10.9. The average Bonchev–Trinajstić information content (AvgIpc) is 2.53. The highest BCUT2D eigenvalue weighted by Gasteiger charge is 2.30. The second-order valence-electron chi connectivity index (χ2n) is 4.44. The van der Waals surface area contributed by atoms with Crippen LogP contribution in [-0.2, 0) is 10.0 Å². The van der Waals surface area contributed by atoms with Gasteiger partial charge in [-0.15, -0.1) is 4.91 Å². The summed E-state index contributed by atoms with van der Waals surface area (Å²) in [6.45, 7) is 0.983. The van der Waals surface area contributed by atoms with Crippen molar-refractivity contribution in [3.05, 3.63) is 35.2 Å². The zero-order chi connectivity index (χ0) is 15.3. The van der Waals surface area contributed by atoms with E-state index in [2.05, 4.69) is 5.29 Å². The van der Waals surface area contributed by atoms with Gasteiger partial charge in [-0.2, -0.15) is 19.7 Å². The number of hydrogen-bond donors (Lipinski definition) is 0. The molecular weight excluding hydrogens is 294 g/mol. The van der Waals surface area contributed by atoms with Crippen molar-refractivity contribution in [3.8, 4) is 6.07 Å². The molecule has 0 aliphatic carbocycles. The summed E-state index contributed by atoms with van der Waals surface area (Å²) in [7, 11) is -3.52. The molecule has 8 nitrogen and oxygen atoms in total. The minimum absolute atomic E-state index is 0.144. The van der Waals surface area contributed by atoms with Crippen LogP contribution in [0.5, 0.6) is 0 Å². The van der Waals surface area contributed by atoms with Crippen molar-refractivity contribution in [1.29, 1.82) is 5.26 Å². The van der Waals surface area contributed by atoms with Gasteiger partial charge in [-0.1, -0.05) is 18.2 Å². The summed E-state index contributed by atoms with van der Waals surface area (Å²) in [5, 5.41) is 14.0. The number of nitroso groups, excluding NO2 is 1. The molecule has 0 unspecified atom stereocenters. The summed E-state index contributed by atoms with van der Waals surface area (Å²) < 4.78 is 26.2. The number of hydrogen-bond acceptors (Lipinski definition) is 6. The van der Waals surface area contributed by atoms with Crippen molar-refractivity contribution >= 4 is 10.0 Å². The lowest BCUT2D eigenvalue weighted by molar-refractivity contribution is -0.0356. The van der Waals surface area contributed by atoms with Gasteiger partial charge in [0.05, 0.1) is 16.3 Å². The highest BCUT2D eigenvalue weighted by molar-refractivity contribution is 7.89. The van der Waals surface area contributed by atoms with Crippen molar-refractivity contribution in [2.75, 3.05) is 32.7 Å². The normalized spacial score (nSPS) is 17.1. The van der Waals surface area contributed by atoms with Crippen LogP contribution in [0.1, 0.15) is 0 Å². The van der Waals surface area contributed by atoms with E-state index in [0.29, 0.717) is 13.1 Å². The molecule has 0 aromatic heterocycles. The first-order valence-corrected chi connectivity index (χ1v) is 7.81. The molecule has 0 spiro atoms. The van der Waals surface area contributed by atoms with Crippen molar-refractivity contribution in [3.63, 3.8) is 0 Å². The molecule has 1 heterocycles. The van der Waals surface area contributed by atoms with Crippen molar-refractivity contribution in [2.45, 2.75) is 4.90 Å². The molecule has 0 amide bonds. The topological polar surface area (TPSA) is 97.1 Å². The lowest BCUT2D eigenvalue weighted by atomic mass is 10.4. The van der Waals surface area contributed by atoms with Crippen molar-refractivity contribution in [1.82, 2.24) is 14.4 Å². The maximum atomic E-state index is 12.4. The van der Waals surface area contributed by atoms with Gasteiger partial charge in [0.15, 0.2) is 0 Å². The van der Waals surface area contributed by atoms with Crippen LogP contribution >= 0.6 is 0 Å². The molecule has 0 bridgehead atoms. The number of benzene rings is 1. The smallest absolute Gasteiger partial charge is 0.207 e. The van der Waals surface area contributed by atoms with E-state index in [9.17, 15) is 13.3 Å². The number of piperazine rings is 1. The third kappa shape index (κ3) is 3.36. The van der Waals surface area contributed by atoms with Crippen LogP contribution in [0, 0.1) is 16.2 Å². The number of nitriles is 1. The second kappa shape index (κ2) is 6.62. The first-order valence-electron chi connectivity index (χ1n) is 6.37. The molecule has 112 valence electrons. The predicted octanol–water partition coefficient (Wildman–Crippen LogP) is 0.415. The third-order valence-electron chi connectivity index (χ3n) is 3.23. The Labute approximate surface area is 123 Å². The Morgan fingerprint density at radius 2 is 1.81 bits per heavy atom. The van der Waals surface area contributed by atoms with Gasteiger partial charge in [0.25, 0.3) is 0 Å². The molecule has 1 aromatic carbocycles. The summed E-state index contributed by atoms with van der Waals surface area (Å²) >= 11 is 0. The van der Waals surface area contributed by atoms with Gasteiger partial charge in [0, 0.05) is 26.2 Å². The quantitative estimate of drug-likeness (QED) is 0.444. The lowest BCUT2D eigenvalue weighted by Gasteiger charge is -2.36. The van der Waals surface area contributed by atoms with E-state index in [1.54, 1.807) is 35.3 Å². The van der Waals surface area contributed by atoms with E-state index >= 15 is 0 Å². The molecule has 0 atom stereocenters. The fourth-order valence-electron chi connectivity index (χ4n) is 2.13. The lowest BCUT2D eigenvalue weighted by Crippen LogP contribution is -2.53. The van der Waals surface area contributed by atoms with Crippen molar-refractivity contribution < 1.29 is 8.42 Å². The SMILES string of the molecule is N#CCN(N=O)N1CCN(S(=O)(=O)c2ccccc2)CC1. The fraction of sp³-hybridized carbons (Fsp3) is 0.417. The van der Waals surface area contributed by atoms with E-state index in [0.717, 1.165) is 5.12 Å². The molecule has 0 N–H and O–H groups in total. The predicted molar refractivity (Wildman–Crippen MR) is 74.9 cm³/mol. The Kier molecular flexibility index (Phi) is 4.85.